The summed E-state index contributed by atoms with van der Waals surface area (Å²) in [6, 6.07) is 84.5. The number of fused-ring (bicyclic) bond motifs is 6. The zero-order valence-corrected chi connectivity index (χ0v) is 61.1. The highest BCUT2D eigenvalue weighted by Gasteiger charge is 2.21. The van der Waals surface area contributed by atoms with Gasteiger partial charge in [0.2, 0.25) is 17.7 Å². The third-order valence-electron chi connectivity index (χ3n) is 19.5. The molecule has 0 saturated carbocycles. The third kappa shape index (κ3) is 12.3. The van der Waals surface area contributed by atoms with E-state index in [4.69, 9.17) is 73.1 Å². The molecule has 0 unspecified atom stereocenters. The molecule has 12 aromatic carbocycles. The number of hydrogen-bond donors (Lipinski definition) is 0. The van der Waals surface area contributed by atoms with E-state index in [0.29, 0.717) is 64.6 Å². The predicted octanol–water partition coefficient (Wildman–Crippen LogP) is 23.4. The van der Waals surface area contributed by atoms with Gasteiger partial charge in [-0.15, -0.1) is 34.0 Å². The largest absolute Gasteiger partial charge is 0.436 e. The minimum atomic E-state index is 0.505. The first-order valence-electron chi connectivity index (χ1n) is 35.3. The summed E-state index contributed by atoms with van der Waals surface area (Å²) in [4.78, 5) is 60.4. The van der Waals surface area contributed by atoms with Gasteiger partial charge >= 0.3 is 0 Å². The highest BCUT2D eigenvalue weighted by molar-refractivity contribution is 7.22. The van der Waals surface area contributed by atoms with Crippen LogP contribution in [-0.4, -0.2) is 59.8 Å². The molecule has 0 saturated heterocycles. The van der Waals surface area contributed by atoms with E-state index in [1.807, 2.05) is 129 Å². The highest BCUT2D eigenvalue weighted by Crippen LogP contribution is 2.40. The van der Waals surface area contributed by atoms with Crippen molar-refractivity contribution in [3.8, 4) is 134 Å². The van der Waals surface area contributed by atoms with Gasteiger partial charge in [0.1, 0.15) is 31.6 Å². The number of thiazole rings is 3. The molecule has 0 radical (unpaired) electrons. The Kier molecular flexibility index (Phi) is 15.6. The minimum absolute atomic E-state index is 0.505. The molecule has 20 rings (SSSR count). The second-order valence-electron chi connectivity index (χ2n) is 27.3. The Labute approximate surface area is 629 Å². The molecule has 0 atom stereocenters. The summed E-state index contributed by atoms with van der Waals surface area (Å²) >= 11 is 5.06. The van der Waals surface area contributed by atoms with Gasteiger partial charge in [-0.2, -0.15) is 0 Å². The summed E-state index contributed by atoms with van der Waals surface area (Å²) in [5.74, 6) is 4.84. The van der Waals surface area contributed by atoms with E-state index in [1.54, 1.807) is 34.0 Å². The molecule has 108 heavy (non-hydrogen) atoms. The van der Waals surface area contributed by atoms with E-state index in [9.17, 15) is 0 Å². The SMILES string of the molecule is Cc1ccc2oc(-c3ccc(-c4nc(-c5ccc(-c6nc7cc(C)ccc7o6)cc5)nc(-c5ccc(-c6nc7cc(Cc8cc9sc(-c%10ccc(-c%11nc(-c%12ccc(-c%13nc%14cc(C)ccc%14s%13)cc%12)nc(-c%12ccc(-c%13nc%14cc(C)ccc%14s%13)cc%12)n%11)cc%10)nc9cc8C)ccc7o6)cc5)n4)cc3)nc2c1. The number of nitrogens with zero attached hydrogens (tertiary/aromatic N) is 12. The van der Waals surface area contributed by atoms with Crippen molar-refractivity contribution in [3.63, 3.8) is 0 Å². The van der Waals surface area contributed by atoms with Gasteiger partial charge in [-0.25, -0.2) is 59.8 Å². The molecule has 0 aliphatic carbocycles. The first-order chi connectivity index (χ1) is 52.8. The number of rotatable bonds is 14. The van der Waals surface area contributed by atoms with Gasteiger partial charge < -0.3 is 13.3 Å². The zero-order chi connectivity index (χ0) is 72.3. The Bertz CT molecular complexity index is 6660. The minimum Gasteiger partial charge on any atom is -0.436 e. The Balaban J connectivity index is 0.555. The summed E-state index contributed by atoms with van der Waals surface area (Å²) in [5.41, 5.74) is 26.2. The monoisotopic (exact) mass is 1450 g/mol. The molecule has 20 aromatic rings. The van der Waals surface area contributed by atoms with Crippen LogP contribution in [0.5, 0.6) is 0 Å². The normalized spacial score (nSPS) is 11.8. The van der Waals surface area contributed by atoms with Crippen molar-refractivity contribution >= 4 is 98.0 Å². The van der Waals surface area contributed by atoms with Crippen LogP contribution >= 0.6 is 34.0 Å². The summed E-state index contributed by atoms with van der Waals surface area (Å²) in [7, 11) is 0. The van der Waals surface area contributed by atoms with Gasteiger partial charge in [0.05, 0.1) is 30.6 Å². The molecule has 0 bridgehead atoms. The van der Waals surface area contributed by atoms with Crippen LogP contribution in [0.15, 0.2) is 262 Å². The number of hydrogen-bond acceptors (Lipinski definition) is 18. The van der Waals surface area contributed by atoms with Crippen molar-refractivity contribution in [2.75, 3.05) is 0 Å². The second kappa shape index (κ2) is 26.1. The molecular formula is C90H58N12O3S3. The lowest BCUT2D eigenvalue weighted by molar-refractivity contribution is 0.619. The lowest BCUT2D eigenvalue weighted by Gasteiger charge is -2.09. The fraction of sp³-hybridized carbons (Fsp3) is 0.0667. The fourth-order valence-electron chi connectivity index (χ4n) is 13.6. The highest BCUT2D eigenvalue weighted by atomic mass is 32.1. The summed E-state index contributed by atoms with van der Waals surface area (Å²) < 4.78 is 22.2. The van der Waals surface area contributed by atoms with Crippen molar-refractivity contribution < 1.29 is 13.3 Å². The van der Waals surface area contributed by atoms with Crippen LogP contribution in [0.2, 0.25) is 0 Å². The molecule has 0 spiro atoms. The molecule has 0 aliphatic rings. The van der Waals surface area contributed by atoms with E-state index in [-0.39, 0.29) is 0 Å². The van der Waals surface area contributed by atoms with Crippen molar-refractivity contribution in [3.05, 3.63) is 288 Å². The molecular weight excluding hydrogens is 1390 g/mol. The van der Waals surface area contributed by atoms with Crippen LogP contribution in [0, 0.1) is 34.6 Å². The summed E-state index contributed by atoms with van der Waals surface area (Å²) in [6.07, 6.45) is 0.702. The Hall–Kier alpha value is -13.3. The van der Waals surface area contributed by atoms with Gasteiger partial charge in [0.25, 0.3) is 0 Å². The first-order valence-corrected chi connectivity index (χ1v) is 37.7. The van der Waals surface area contributed by atoms with E-state index >= 15 is 0 Å². The summed E-state index contributed by atoms with van der Waals surface area (Å²) in [6.45, 7) is 10.4. The maximum atomic E-state index is 6.45. The Morgan fingerprint density at radius 3 is 0.861 bits per heavy atom. The van der Waals surface area contributed by atoms with Gasteiger partial charge in [-0.1, -0.05) is 140 Å². The van der Waals surface area contributed by atoms with Crippen LogP contribution < -0.4 is 0 Å². The van der Waals surface area contributed by atoms with E-state index in [1.165, 1.54) is 16.7 Å². The molecule has 15 nitrogen and oxygen atoms in total. The molecule has 8 aromatic heterocycles. The fourth-order valence-corrected chi connectivity index (χ4v) is 16.5. The standard InChI is InChI=1S/C90H58N12O3S3/c1-48-6-35-73-67(40-48)91-85(103-73)60-23-11-54(12-24-60)79-97-80(55-13-25-61(26-14-55)86-92-68-41-49(2)7-36-74(68)104-86)99-81(98-79)56-15-27-62(28-16-56)87-93-69-46-53(10-37-75(69)105-87)45-66-47-78-72(44-52(66)5)96-90(108-78)65-33-21-59(22-34-65)84-101-82(57-17-29-63(30-18-57)88-94-70-42-50(3)8-38-76(70)106-88)100-83(102-84)58-19-31-64(32-20-58)89-95-71-43-51(4)9-39-77(71)107-89/h6-44,46-47H,45H2,1-5H3. The third-order valence-corrected chi connectivity index (χ3v) is 22.7. The van der Waals surface area contributed by atoms with Gasteiger partial charge in [0.15, 0.2) is 51.7 Å². The first kappa shape index (κ1) is 64.4. The molecule has 0 amide bonds. The molecule has 0 fully saturated rings. The van der Waals surface area contributed by atoms with Gasteiger partial charge in [0, 0.05) is 66.8 Å². The van der Waals surface area contributed by atoms with Crippen molar-refractivity contribution in [2.24, 2.45) is 0 Å². The summed E-state index contributed by atoms with van der Waals surface area (Å²) in [5, 5.41) is 2.86. The number of aromatic nitrogens is 12. The average molecular weight is 1450 g/mol. The molecule has 8 heterocycles. The number of oxazole rings is 3. The van der Waals surface area contributed by atoms with Crippen LogP contribution in [0.1, 0.15) is 38.9 Å². The molecule has 0 N–H and O–H groups in total. The smallest absolute Gasteiger partial charge is 0.227 e. The topological polar surface area (TPSA) is 194 Å². The van der Waals surface area contributed by atoms with Crippen LogP contribution in [0.4, 0.5) is 0 Å². The van der Waals surface area contributed by atoms with Crippen LogP contribution in [0.25, 0.3) is 198 Å². The quantitative estimate of drug-likeness (QED) is 0.0997. The molecule has 0 aliphatic heterocycles. The zero-order valence-electron chi connectivity index (χ0n) is 58.7. The maximum Gasteiger partial charge on any atom is 0.227 e. The van der Waals surface area contributed by atoms with Crippen molar-refractivity contribution in [2.45, 2.75) is 41.0 Å². The average Bonchev–Trinajstić information content (AvgIpc) is 1.26. The van der Waals surface area contributed by atoms with E-state index in [2.05, 4.69) is 154 Å². The number of benzene rings is 12. The van der Waals surface area contributed by atoms with Gasteiger partial charge in [-0.05, 0) is 189 Å². The maximum absolute atomic E-state index is 6.45. The predicted molar refractivity (Wildman–Crippen MR) is 434 cm³/mol. The van der Waals surface area contributed by atoms with Gasteiger partial charge in [-0.3, -0.25) is 0 Å². The second-order valence-corrected chi connectivity index (χ2v) is 30.4. The number of aryl methyl sites for hydroxylation is 5. The lowest BCUT2D eigenvalue weighted by Crippen LogP contribution is -2.00. The molecule has 18 heteroatoms. The van der Waals surface area contributed by atoms with Crippen LogP contribution in [-0.2, 0) is 6.42 Å². The van der Waals surface area contributed by atoms with Crippen molar-refractivity contribution in [1.82, 2.24) is 59.8 Å². The lowest BCUT2D eigenvalue weighted by atomic mass is 10.00. The molecule has 514 valence electrons. The Morgan fingerprint density at radius 2 is 0.509 bits per heavy atom. The van der Waals surface area contributed by atoms with Crippen LogP contribution in [0.3, 0.4) is 0 Å². The Morgan fingerprint density at radius 1 is 0.231 bits per heavy atom. The van der Waals surface area contributed by atoms with E-state index < -0.39 is 0 Å². The van der Waals surface area contributed by atoms with Crippen molar-refractivity contribution in [1.29, 1.82) is 0 Å². The van der Waals surface area contributed by atoms with E-state index in [0.717, 1.165) is 162 Å².